The van der Waals surface area contributed by atoms with Crippen molar-refractivity contribution in [3.63, 3.8) is 0 Å². The second-order valence-corrected chi connectivity index (χ2v) is 10.7. The summed E-state index contributed by atoms with van der Waals surface area (Å²) in [6, 6.07) is 14.1. The van der Waals surface area contributed by atoms with Gasteiger partial charge in [0.25, 0.3) is 5.56 Å². The topological polar surface area (TPSA) is 73.8 Å². The molecular formula is C26H19F3N4O2S2. The summed E-state index contributed by atoms with van der Waals surface area (Å²) in [5.41, 5.74) is 0.677. The number of hydrogen-bond acceptors (Lipinski definition) is 7. The van der Waals surface area contributed by atoms with Crippen LogP contribution in [0.5, 0.6) is 0 Å². The van der Waals surface area contributed by atoms with Gasteiger partial charge in [-0.05, 0) is 61.6 Å². The van der Waals surface area contributed by atoms with Crippen LogP contribution in [0.15, 0.2) is 69.0 Å². The molecule has 2 aromatic carbocycles. The fourth-order valence-electron chi connectivity index (χ4n) is 4.47. The van der Waals surface area contributed by atoms with Crippen LogP contribution < -0.4 is 5.56 Å². The molecule has 3 aromatic heterocycles. The number of aryl methyl sites for hydroxylation is 2. The molecule has 11 heteroatoms. The van der Waals surface area contributed by atoms with Gasteiger partial charge in [-0.2, -0.15) is 13.2 Å². The van der Waals surface area contributed by atoms with E-state index in [4.69, 9.17) is 9.40 Å². The van der Waals surface area contributed by atoms with Crippen LogP contribution in [0.25, 0.3) is 27.4 Å². The van der Waals surface area contributed by atoms with Crippen LogP contribution in [0.3, 0.4) is 0 Å². The second kappa shape index (κ2) is 9.46. The summed E-state index contributed by atoms with van der Waals surface area (Å²) >= 11 is 2.67. The number of fused-ring (bicyclic) bond motifs is 3. The van der Waals surface area contributed by atoms with Crippen LogP contribution in [-0.2, 0) is 24.8 Å². The van der Waals surface area contributed by atoms with Gasteiger partial charge >= 0.3 is 6.18 Å². The van der Waals surface area contributed by atoms with E-state index in [1.807, 2.05) is 30.3 Å². The molecule has 0 saturated carbocycles. The third kappa shape index (κ3) is 4.57. The van der Waals surface area contributed by atoms with Crippen molar-refractivity contribution in [1.29, 1.82) is 0 Å². The maximum Gasteiger partial charge on any atom is 0.416 e. The van der Waals surface area contributed by atoms with E-state index in [1.165, 1.54) is 39.8 Å². The van der Waals surface area contributed by atoms with Crippen LogP contribution in [0.2, 0.25) is 0 Å². The zero-order chi connectivity index (χ0) is 25.6. The van der Waals surface area contributed by atoms with Crippen LogP contribution in [0, 0.1) is 0 Å². The molecule has 0 unspecified atom stereocenters. The first-order valence-electron chi connectivity index (χ1n) is 11.6. The first-order chi connectivity index (χ1) is 17.9. The van der Waals surface area contributed by atoms with Gasteiger partial charge in [0.05, 0.1) is 22.4 Å². The van der Waals surface area contributed by atoms with Crippen molar-refractivity contribution in [2.24, 2.45) is 0 Å². The molecule has 0 bridgehead atoms. The van der Waals surface area contributed by atoms with Crippen molar-refractivity contribution in [2.75, 3.05) is 0 Å². The first-order valence-corrected chi connectivity index (χ1v) is 13.4. The second-order valence-electron chi connectivity index (χ2n) is 8.63. The van der Waals surface area contributed by atoms with Gasteiger partial charge in [-0.25, -0.2) is 4.98 Å². The normalized spacial score (nSPS) is 13.7. The van der Waals surface area contributed by atoms with Crippen molar-refractivity contribution in [3.05, 3.63) is 86.8 Å². The number of nitrogens with zero attached hydrogens (tertiary/aromatic N) is 4. The minimum atomic E-state index is -4.54. The molecule has 0 atom stereocenters. The summed E-state index contributed by atoms with van der Waals surface area (Å²) in [7, 11) is 0. The lowest BCUT2D eigenvalue weighted by Crippen LogP contribution is -2.22. The smallest absolute Gasteiger partial charge is 0.416 e. The van der Waals surface area contributed by atoms with Gasteiger partial charge < -0.3 is 4.42 Å². The Labute approximate surface area is 217 Å². The number of thioether (sulfide) groups is 1. The van der Waals surface area contributed by atoms with Gasteiger partial charge in [0, 0.05) is 10.4 Å². The van der Waals surface area contributed by atoms with E-state index in [-0.39, 0.29) is 22.2 Å². The molecule has 0 spiro atoms. The highest BCUT2D eigenvalue weighted by atomic mass is 32.2. The summed E-state index contributed by atoms with van der Waals surface area (Å²) in [6.07, 6.45) is -0.870. The maximum atomic E-state index is 13.8. The number of rotatable bonds is 5. The molecule has 0 saturated heterocycles. The lowest BCUT2D eigenvalue weighted by molar-refractivity contribution is -0.137. The highest BCUT2D eigenvalue weighted by molar-refractivity contribution is 7.98. The van der Waals surface area contributed by atoms with E-state index in [9.17, 15) is 18.0 Å². The minimum absolute atomic E-state index is 0.114. The van der Waals surface area contributed by atoms with Crippen molar-refractivity contribution >= 4 is 33.3 Å². The summed E-state index contributed by atoms with van der Waals surface area (Å²) < 4.78 is 47.5. The Hall–Kier alpha value is -3.44. The van der Waals surface area contributed by atoms with Crippen molar-refractivity contribution < 1.29 is 17.6 Å². The first kappa shape index (κ1) is 23.9. The quantitative estimate of drug-likeness (QED) is 0.183. The molecule has 37 heavy (non-hydrogen) atoms. The highest BCUT2D eigenvalue weighted by Gasteiger charge is 2.31. The molecular weight excluding hydrogens is 521 g/mol. The van der Waals surface area contributed by atoms with Crippen molar-refractivity contribution in [3.8, 4) is 17.1 Å². The van der Waals surface area contributed by atoms with E-state index in [0.717, 1.165) is 53.8 Å². The summed E-state index contributed by atoms with van der Waals surface area (Å²) in [4.78, 5) is 20.3. The van der Waals surface area contributed by atoms with Crippen LogP contribution >= 0.6 is 23.1 Å². The molecule has 188 valence electrons. The molecule has 6 nitrogen and oxygen atoms in total. The van der Waals surface area contributed by atoms with Crippen molar-refractivity contribution in [2.45, 2.75) is 42.8 Å². The fraction of sp³-hybridized carbons (Fsp3) is 0.231. The van der Waals surface area contributed by atoms with Crippen LogP contribution in [0.4, 0.5) is 13.2 Å². The molecule has 0 aliphatic heterocycles. The number of hydrogen-bond donors (Lipinski definition) is 0. The molecule has 0 radical (unpaired) electrons. The summed E-state index contributed by atoms with van der Waals surface area (Å²) in [6.45, 7) is 0. The molecule has 5 aromatic rings. The highest BCUT2D eigenvalue weighted by Crippen LogP contribution is 2.36. The van der Waals surface area contributed by atoms with E-state index in [2.05, 4.69) is 10.2 Å². The molecule has 0 amide bonds. The predicted molar refractivity (Wildman–Crippen MR) is 136 cm³/mol. The Bertz CT molecular complexity index is 1660. The molecule has 6 rings (SSSR count). The van der Waals surface area contributed by atoms with Gasteiger partial charge in [-0.3, -0.25) is 9.36 Å². The average Bonchev–Trinajstić information content (AvgIpc) is 3.52. The summed E-state index contributed by atoms with van der Waals surface area (Å²) in [5, 5.41) is 8.96. The van der Waals surface area contributed by atoms with Gasteiger partial charge in [-0.15, -0.1) is 21.5 Å². The third-order valence-corrected chi connectivity index (χ3v) is 8.31. The van der Waals surface area contributed by atoms with Gasteiger partial charge in [0.2, 0.25) is 11.8 Å². The third-order valence-electron chi connectivity index (χ3n) is 6.20. The number of alkyl halides is 3. The Morgan fingerprint density at radius 1 is 1.03 bits per heavy atom. The molecule has 0 N–H and O–H groups in total. The Morgan fingerprint density at radius 3 is 2.65 bits per heavy atom. The zero-order valence-corrected chi connectivity index (χ0v) is 20.9. The molecule has 3 heterocycles. The maximum absolute atomic E-state index is 13.8. The standard InChI is InChI=1S/C26H19F3N4O2S2/c27-26(28,29)16-9-6-10-17(13-16)33-24(34)21-18-11-4-5-12-19(18)37-23(21)30-25(33)36-14-20-31-32-22(35-20)15-7-2-1-3-8-15/h1-3,6-10,13H,4-5,11-12,14H2. The minimum Gasteiger partial charge on any atom is -0.420 e. The number of benzene rings is 2. The van der Waals surface area contributed by atoms with Crippen LogP contribution in [-0.4, -0.2) is 19.7 Å². The van der Waals surface area contributed by atoms with Gasteiger partial charge in [-0.1, -0.05) is 36.0 Å². The molecule has 1 aliphatic rings. The lowest BCUT2D eigenvalue weighted by atomic mass is 9.97. The zero-order valence-electron chi connectivity index (χ0n) is 19.3. The number of halogens is 3. The van der Waals surface area contributed by atoms with E-state index in [0.29, 0.717) is 22.0 Å². The molecule has 1 aliphatic carbocycles. The Balaban J connectivity index is 1.44. The van der Waals surface area contributed by atoms with E-state index < -0.39 is 11.7 Å². The van der Waals surface area contributed by atoms with E-state index >= 15 is 0 Å². The average molecular weight is 541 g/mol. The Morgan fingerprint density at radius 2 is 1.84 bits per heavy atom. The lowest BCUT2D eigenvalue weighted by Gasteiger charge is -2.15. The molecule has 0 fully saturated rings. The monoisotopic (exact) mass is 540 g/mol. The predicted octanol–water partition coefficient (Wildman–Crippen LogP) is 6.69. The van der Waals surface area contributed by atoms with Crippen molar-refractivity contribution in [1.82, 2.24) is 19.7 Å². The van der Waals surface area contributed by atoms with Gasteiger partial charge in [0.1, 0.15) is 4.83 Å². The number of aromatic nitrogens is 4. The van der Waals surface area contributed by atoms with E-state index in [1.54, 1.807) is 0 Å². The summed E-state index contributed by atoms with van der Waals surface area (Å²) in [5.74, 6) is 0.877. The largest absolute Gasteiger partial charge is 0.420 e. The number of thiophene rings is 1. The fourth-order valence-corrected chi connectivity index (χ4v) is 6.62. The Kier molecular flexibility index (Phi) is 6.12. The van der Waals surface area contributed by atoms with Gasteiger partial charge in [0.15, 0.2) is 5.16 Å². The van der Waals surface area contributed by atoms with Crippen LogP contribution in [0.1, 0.15) is 34.7 Å². The SMILES string of the molecule is O=c1c2c3c(sc2nc(SCc2nnc(-c4ccccc4)o2)n1-c1cccc(C(F)(F)F)c1)CCCC3.